The van der Waals surface area contributed by atoms with Gasteiger partial charge in [0.25, 0.3) is 5.69 Å². The Kier molecular flexibility index (Phi) is 7.75. The molecule has 0 saturated carbocycles. The van der Waals surface area contributed by atoms with Gasteiger partial charge in [0, 0.05) is 31.4 Å². The Hall–Kier alpha value is -1.62. The van der Waals surface area contributed by atoms with Gasteiger partial charge in [-0.25, -0.2) is 0 Å². The van der Waals surface area contributed by atoms with Gasteiger partial charge in [-0.2, -0.15) is 0 Å². The van der Waals surface area contributed by atoms with E-state index in [1.807, 2.05) is 7.05 Å². The molecule has 0 bridgehead atoms. The predicted octanol–water partition coefficient (Wildman–Crippen LogP) is 4.04. The van der Waals surface area contributed by atoms with E-state index in [1.165, 1.54) is 0 Å². The highest BCUT2D eigenvalue weighted by Gasteiger charge is 2.13. The molecular weight excluding hydrogens is 266 g/mol. The van der Waals surface area contributed by atoms with Crippen LogP contribution in [-0.2, 0) is 6.54 Å². The maximum Gasteiger partial charge on any atom is 0.269 e. The minimum Gasteiger partial charge on any atom is -0.388 e. The molecule has 0 amide bonds. The molecule has 0 aromatic heterocycles. The number of nitro benzene ring substituents is 1. The van der Waals surface area contributed by atoms with Crippen molar-refractivity contribution in [2.75, 3.05) is 25.5 Å². The summed E-state index contributed by atoms with van der Waals surface area (Å²) < 4.78 is 0. The molecule has 1 aromatic carbocycles. The first kappa shape index (κ1) is 17.4. The first-order chi connectivity index (χ1) is 10.1. The number of nitro groups is 1. The molecule has 0 unspecified atom stereocenters. The average molecular weight is 293 g/mol. The van der Waals surface area contributed by atoms with Crippen molar-refractivity contribution in [3.8, 4) is 0 Å². The molecule has 0 atom stereocenters. The highest BCUT2D eigenvalue weighted by molar-refractivity contribution is 5.55. The molecular formula is C16H27N3O2. The monoisotopic (exact) mass is 293 g/mol. The second-order valence-corrected chi connectivity index (χ2v) is 5.33. The van der Waals surface area contributed by atoms with Gasteiger partial charge in [-0.15, -0.1) is 0 Å². The van der Waals surface area contributed by atoms with Crippen LogP contribution < -0.4 is 5.32 Å². The first-order valence-electron chi connectivity index (χ1n) is 7.79. The second-order valence-electron chi connectivity index (χ2n) is 5.33. The Labute approximate surface area is 127 Å². The van der Waals surface area contributed by atoms with E-state index in [9.17, 15) is 10.1 Å². The highest BCUT2D eigenvalue weighted by Crippen LogP contribution is 2.23. The van der Waals surface area contributed by atoms with Gasteiger partial charge in [0.15, 0.2) is 0 Å². The van der Waals surface area contributed by atoms with Crippen LogP contribution in [-0.4, -0.2) is 30.0 Å². The molecule has 5 heteroatoms. The Morgan fingerprint density at radius 2 is 1.81 bits per heavy atom. The van der Waals surface area contributed by atoms with Gasteiger partial charge in [0.05, 0.1) is 4.92 Å². The minimum atomic E-state index is -0.328. The molecule has 0 aliphatic heterocycles. The molecule has 0 heterocycles. The summed E-state index contributed by atoms with van der Waals surface area (Å²) in [4.78, 5) is 13.0. The van der Waals surface area contributed by atoms with Crippen LogP contribution in [0.3, 0.4) is 0 Å². The third kappa shape index (κ3) is 5.71. The second kappa shape index (κ2) is 9.34. The quantitative estimate of drug-likeness (QED) is 0.522. The van der Waals surface area contributed by atoms with Crippen molar-refractivity contribution < 1.29 is 4.92 Å². The third-order valence-corrected chi connectivity index (χ3v) is 3.62. The summed E-state index contributed by atoms with van der Waals surface area (Å²) in [6.45, 7) is 7.22. The van der Waals surface area contributed by atoms with Gasteiger partial charge in [0.2, 0.25) is 0 Å². The lowest BCUT2D eigenvalue weighted by molar-refractivity contribution is -0.384. The Morgan fingerprint density at radius 1 is 1.19 bits per heavy atom. The fourth-order valence-electron chi connectivity index (χ4n) is 2.34. The van der Waals surface area contributed by atoms with Gasteiger partial charge >= 0.3 is 0 Å². The van der Waals surface area contributed by atoms with Crippen LogP contribution >= 0.6 is 0 Å². The average Bonchev–Trinajstić information content (AvgIpc) is 2.49. The maximum absolute atomic E-state index is 11.0. The molecule has 1 rings (SSSR count). The van der Waals surface area contributed by atoms with Crippen LogP contribution in [0.2, 0.25) is 0 Å². The summed E-state index contributed by atoms with van der Waals surface area (Å²) in [7, 11) is 1.85. The van der Waals surface area contributed by atoms with Crippen molar-refractivity contribution in [3.63, 3.8) is 0 Å². The molecule has 0 fully saturated rings. The van der Waals surface area contributed by atoms with Crippen LogP contribution in [0.4, 0.5) is 11.4 Å². The molecule has 0 aliphatic carbocycles. The van der Waals surface area contributed by atoms with Crippen molar-refractivity contribution in [3.05, 3.63) is 33.9 Å². The van der Waals surface area contributed by atoms with Crippen molar-refractivity contribution in [1.82, 2.24) is 4.90 Å². The van der Waals surface area contributed by atoms with E-state index in [0.29, 0.717) is 0 Å². The molecule has 21 heavy (non-hydrogen) atoms. The normalized spacial score (nSPS) is 10.9. The Morgan fingerprint density at radius 3 is 2.29 bits per heavy atom. The number of hydrogen-bond acceptors (Lipinski definition) is 4. The van der Waals surface area contributed by atoms with Crippen LogP contribution in [0.5, 0.6) is 0 Å². The van der Waals surface area contributed by atoms with Gasteiger partial charge in [-0.1, -0.05) is 26.7 Å². The number of non-ortho nitro benzene ring substituents is 1. The van der Waals surface area contributed by atoms with E-state index >= 15 is 0 Å². The fraction of sp³-hybridized carbons (Fsp3) is 0.625. The minimum absolute atomic E-state index is 0.162. The zero-order valence-corrected chi connectivity index (χ0v) is 13.4. The largest absolute Gasteiger partial charge is 0.388 e. The van der Waals surface area contributed by atoms with Crippen LogP contribution in [0.15, 0.2) is 18.2 Å². The molecule has 118 valence electrons. The number of nitrogens with one attached hydrogen (secondary N) is 1. The number of benzene rings is 1. The lowest BCUT2D eigenvalue weighted by atomic mass is 10.1. The number of unbranched alkanes of at least 4 members (excludes halogenated alkanes) is 2. The van der Waals surface area contributed by atoms with E-state index < -0.39 is 0 Å². The third-order valence-electron chi connectivity index (χ3n) is 3.62. The topological polar surface area (TPSA) is 58.4 Å². The number of hydrogen-bond donors (Lipinski definition) is 1. The lowest BCUT2D eigenvalue weighted by Gasteiger charge is -2.23. The van der Waals surface area contributed by atoms with E-state index in [4.69, 9.17) is 0 Å². The van der Waals surface area contributed by atoms with Crippen LogP contribution in [0.1, 0.15) is 45.1 Å². The molecule has 0 spiro atoms. The van der Waals surface area contributed by atoms with E-state index in [0.717, 1.165) is 56.6 Å². The van der Waals surface area contributed by atoms with E-state index in [1.54, 1.807) is 18.2 Å². The van der Waals surface area contributed by atoms with Gasteiger partial charge in [0.1, 0.15) is 0 Å². The summed E-state index contributed by atoms with van der Waals surface area (Å²) in [5.41, 5.74) is 2.13. The summed E-state index contributed by atoms with van der Waals surface area (Å²) in [5.74, 6) is 0. The summed E-state index contributed by atoms with van der Waals surface area (Å²) in [6, 6.07) is 5.04. The van der Waals surface area contributed by atoms with Crippen molar-refractivity contribution in [1.29, 1.82) is 0 Å². The molecule has 1 aromatic rings. The SMILES string of the molecule is CCCCN(CCCC)Cc1cc([N+](=O)[O-])ccc1NC. The van der Waals surface area contributed by atoms with Crippen molar-refractivity contribution in [2.45, 2.75) is 46.1 Å². The zero-order valence-electron chi connectivity index (χ0n) is 13.4. The molecule has 0 saturated heterocycles. The Balaban J connectivity index is 2.88. The van der Waals surface area contributed by atoms with Crippen molar-refractivity contribution >= 4 is 11.4 Å². The lowest BCUT2D eigenvalue weighted by Crippen LogP contribution is -2.26. The predicted molar refractivity (Wildman–Crippen MR) is 87.7 cm³/mol. The molecule has 1 N–H and O–H groups in total. The zero-order chi connectivity index (χ0) is 15.7. The summed E-state index contributed by atoms with van der Waals surface area (Å²) in [5, 5.41) is 14.1. The maximum atomic E-state index is 11.0. The van der Waals surface area contributed by atoms with Gasteiger partial charge in [-0.05, 0) is 37.6 Å². The number of nitrogens with zero attached hydrogens (tertiary/aromatic N) is 2. The fourth-order valence-corrected chi connectivity index (χ4v) is 2.34. The molecule has 0 radical (unpaired) electrons. The summed E-state index contributed by atoms with van der Waals surface area (Å²) >= 11 is 0. The highest BCUT2D eigenvalue weighted by atomic mass is 16.6. The van der Waals surface area contributed by atoms with Gasteiger partial charge < -0.3 is 5.32 Å². The number of rotatable bonds is 10. The summed E-state index contributed by atoms with van der Waals surface area (Å²) in [6.07, 6.45) is 4.65. The molecule has 5 nitrogen and oxygen atoms in total. The standard InChI is InChI=1S/C16H27N3O2/c1-4-6-10-18(11-7-5-2)13-14-12-15(19(20)21)8-9-16(14)17-3/h8-9,12,17H,4-7,10-11,13H2,1-3H3. The first-order valence-corrected chi connectivity index (χ1v) is 7.79. The smallest absolute Gasteiger partial charge is 0.269 e. The van der Waals surface area contributed by atoms with Gasteiger partial charge in [-0.3, -0.25) is 15.0 Å². The van der Waals surface area contributed by atoms with Crippen LogP contribution in [0, 0.1) is 10.1 Å². The molecule has 0 aliphatic rings. The van der Waals surface area contributed by atoms with Crippen LogP contribution in [0.25, 0.3) is 0 Å². The Bertz CT molecular complexity index is 441. The number of anilines is 1. The van der Waals surface area contributed by atoms with E-state index in [2.05, 4.69) is 24.1 Å². The van der Waals surface area contributed by atoms with Crippen molar-refractivity contribution in [2.24, 2.45) is 0 Å². The van der Waals surface area contributed by atoms with E-state index in [-0.39, 0.29) is 10.6 Å².